The third-order valence-corrected chi connectivity index (χ3v) is 3.43. The van der Waals surface area contributed by atoms with Gasteiger partial charge in [0.15, 0.2) is 5.13 Å². The zero-order valence-corrected chi connectivity index (χ0v) is 8.68. The molecule has 72 valence electrons. The van der Waals surface area contributed by atoms with Crippen LogP contribution in [0.15, 0.2) is 6.20 Å². The van der Waals surface area contributed by atoms with E-state index < -0.39 is 0 Å². The van der Waals surface area contributed by atoms with Gasteiger partial charge in [-0.05, 0) is 18.8 Å². The van der Waals surface area contributed by atoms with Crippen LogP contribution in [0, 0.1) is 5.92 Å². The molecule has 0 amide bonds. The fourth-order valence-corrected chi connectivity index (χ4v) is 2.09. The molecule has 2 N–H and O–H groups in total. The van der Waals surface area contributed by atoms with Gasteiger partial charge in [0.2, 0.25) is 0 Å². The van der Waals surface area contributed by atoms with E-state index in [0.29, 0.717) is 6.54 Å². The average molecular weight is 197 g/mol. The van der Waals surface area contributed by atoms with Gasteiger partial charge in [-0.15, -0.1) is 11.3 Å². The number of hydrogen-bond acceptors (Lipinski definition) is 4. The third-order valence-electron chi connectivity index (χ3n) is 2.30. The van der Waals surface area contributed by atoms with Crippen LogP contribution in [0.3, 0.4) is 0 Å². The molecule has 0 atom stereocenters. The van der Waals surface area contributed by atoms with E-state index in [9.17, 15) is 0 Å². The lowest BCUT2D eigenvalue weighted by Crippen LogP contribution is -2.19. The number of nitrogens with zero attached hydrogens (tertiary/aromatic N) is 2. The fourth-order valence-electron chi connectivity index (χ4n) is 1.33. The maximum atomic E-state index is 5.53. The minimum atomic E-state index is 0.606. The van der Waals surface area contributed by atoms with Crippen molar-refractivity contribution in [3.63, 3.8) is 0 Å². The molecule has 0 unspecified atom stereocenters. The second-order valence-corrected chi connectivity index (χ2v) is 4.73. The molecule has 1 aromatic rings. The standard InChI is InChI=1S/C9H15N3S/c1-12(6-7-2-3-7)9-11-5-8(4-10)13-9/h5,7H,2-4,6,10H2,1H3. The Balaban J connectivity index is 1.96. The maximum Gasteiger partial charge on any atom is 0.185 e. The molecule has 3 nitrogen and oxygen atoms in total. The number of nitrogens with two attached hydrogens (primary N) is 1. The van der Waals surface area contributed by atoms with E-state index in [2.05, 4.69) is 16.9 Å². The lowest BCUT2D eigenvalue weighted by atomic mass is 10.4. The van der Waals surface area contributed by atoms with Crippen molar-refractivity contribution in [2.75, 3.05) is 18.5 Å². The van der Waals surface area contributed by atoms with Crippen LogP contribution in [0.5, 0.6) is 0 Å². The van der Waals surface area contributed by atoms with E-state index in [1.54, 1.807) is 11.3 Å². The number of thiazole rings is 1. The fraction of sp³-hybridized carbons (Fsp3) is 0.667. The molecule has 1 aromatic heterocycles. The van der Waals surface area contributed by atoms with E-state index in [0.717, 1.165) is 22.5 Å². The average Bonchev–Trinajstić information content (AvgIpc) is 2.82. The van der Waals surface area contributed by atoms with Crippen molar-refractivity contribution >= 4 is 16.5 Å². The van der Waals surface area contributed by atoms with Crippen molar-refractivity contribution in [3.05, 3.63) is 11.1 Å². The molecule has 0 bridgehead atoms. The molecule has 0 aliphatic heterocycles. The summed E-state index contributed by atoms with van der Waals surface area (Å²) >= 11 is 1.70. The first kappa shape index (κ1) is 8.97. The number of aromatic nitrogens is 1. The van der Waals surface area contributed by atoms with Crippen molar-refractivity contribution in [3.8, 4) is 0 Å². The molecule has 0 radical (unpaired) electrons. The Kier molecular flexibility index (Phi) is 2.51. The largest absolute Gasteiger partial charge is 0.351 e. The van der Waals surface area contributed by atoms with Gasteiger partial charge < -0.3 is 10.6 Å². The Hall–Kier alpha value is -0.610. The third kappa shape index (κ3) is 2.19. The molecular formula is C9H15N3S. The van der Waals surface area contributed by atoms with Crippen LogP contribution in [0.25, 0.3) is 0 Å². The molecule has 1 aliphatic rings. The first-order valence-corrected chi connectivity index (χ1v) is 5.47. The van der Waals surface area contributed by atoms with E-state index in [1.165, 1.54) is 12.8 Å². The zero-order chi connectivity index (χ0) is 9.26. The van der Waals surface area contributed by atoms with Gasteiger partial charge in [0.05, 0.1) is 0 Å². The molecule has 1 heterocycles. The van der Waals surface area contributed by atoms with Crippen molar-refractivity contribution < 1.29 is 0 Å². The maximum absolute atomic E-state index is 5.53. The topological polar surface area (TPSA) is 42.2 Å². The second kappa shape index (κ2) is 3.64. The summed E-state index contributed by atoms with van der Waals surface area (Å²) in [7, 11) is 2.11. The molecule has 0 saturated heterocycles. The molecule has 1 fully saturated rings. The molecule has 2 rings (SSSR count). The number of hydrogen-bond donors (Lipinski definition) is 1. The molecular weight excluding hydrogens is 182 g/mol. The highest BCUT2D eigenvalue weighted by Gasteiger charge is 2.23. The second-order valence-electron chi connectivity index (χ2n) is 3.64. The van der Waals surface area contributed by atoms with Gasteiger partial charge in [-0.1, -0.05) is 0 Å². The summed E-state index contributed by atoms with van der Waals surface area (Å²) in [6.07, 6.45) is 4.66. The van der Waals surface area contributed by atoms with Crippen LogP contribution < -0.4 is 10.6 Å². The lowest BCUT2D eigenvalue weighted by molar-refractivity contribution is 0.784. The van der Waals surface area contributed by atoms with Gasteiger partial charge in [-0.3, -0.25) is 0 Å². The van der Waals surface area contributed by atoms with Crippen LogP contribution in [-0.4, -0.2) is 18.6 Å². The minimum absolute atomic E-state index is 0.606. The highest BCUT2D eigenvalue weighted by Crippen LogP contribution is 2.31. The Morgan fingerprint density at radius 1 is 1.69 bits per heavy atom. The summed E-state index contributed by atoms with van der Waals surface area (Å²) in [5, 5.41) is 1.10. The van der Waals surface area contributed by atoms with Crippen molar-refractivity contribution in [2.45, 2.75) is 19.4 Å². The molecule has 1 aliphatic carbocycles. The summed E-state index contributed by atoms with van der Waals surface area (Å²) in [4.78, 5) is 7.73. The molecule has 0 aromatic carbocycles. The smallest absolute Gasteiger partial charge is 0.185 e. The van der Waals surface area contributed by atoms with Crippen LogP contribution in [-0.2, 0) is 6.54 Å². The van der Waals surface area contributed by atoms with E-state index >= 15 is 0 Å². The summed E-state index contributed by atoms with van der Waals surface area (Å²) in [6, 6.07) is 0. The molecule has 13 heavy (non-hydrogen) atoms. The SMILES string of the molecule is CN(CC1CC1)c1ncc(CN)s1. The first-order valence-electron chi connectivity index (χ1n) is 4.65. The molecule has 0 spiro atoms. The highest BCUT2D eigenvalue weighted by molar-refractivity contribution is 7.15. The number of rotatable bonds is 4. The van der Waals surface area contributed by atoms with E-state index in [4.69, 9.17) is 5.73 Å². The van der Waals surface area contributed by atoms with Crippen molar-refractivity contribution in [1.29, 1.82) is 0 Å². The summed E-state index contributed by atoms with van der Waals surface area (Å²) < 4.78 is 0. The Morgan fingerprint density at radius 2 is 2.46 bits per heavy atom. The van der Waals surface area contributed by atoms with Crippen molar-refractivity contribution in [2.24, 2.45) is 11.7 Å². The summed E-state index contributed by atoms with van der Waals surface area (Å²) in [5.74, 6) is 0.912. The molecule has 4 heteroatoms. The van der Waals surface area contributed by atoms with Crippen molar-refractivity contribution in [1.82, 2.24) is 4.98 Å². The predicted molar refractivity (Wildman–Crippen MR) is 56.0 cm³/mol. The quantitative estimate of drug-likeness (QED) is 0.794. The van der Waals surface area contributed by atoms with Crippen LogP contribution in [0.2, 0.25) is 0 Å². The predicted octanol–water partition coefficient (Wildman–Crippen LogP) is 1.45. The van der Waals surface area contributed by atoms with E-state index in [-0.39, 0.29) is 0 Å². The monoisotopic (exact) mass is 197 g/mol. The van der Waals surface area contributed by atoms with Gasteiger partial charge in [0.1, 0.15) is 0 Å². The summed E-state index contributed by atoms with van der Waals surface area (Å²) in [5.41, 5.74) is 5.53. The van der Waals surface area contributed by atoms with Gasteiger partial charge in [0.25, 0.3) is 0 Å². The summed E-state index contributed by atoms with van der Waals surface area (Å²) in [6.45, 7) is 1.76. The van der Waals surface area contributed by atoms with Crippen LogP contribution in [0.4, 0.5) is 5.13 Å². The van der Waals surface area contributed by atoms with Gasteiger partial charge in [0, 0.05) is 31.2 Å². The lowest BCUT2D eigenvalue weighted by Gasteiger charge is -2.14. The molecule has 1 saturated carbocycles. The van der Waals surface area contributed by atoms with Gasteiger partial charge >= 0.3 is 0 Å². The number of anilines is 1. The minimum Gasteiger partial charge on any atom is -0.351 e. The van der Waals surface area contributed by atoms with E-state index in [1.807, 2.05) is 6.20 Å². The van der Waals surface area contributed by atoms with Crippen LogP contribution in [0.1, 0.15) is 17.7 Å². The Bertz CT molecular complexity index is 280. The van der Waals surface area contributed by atoms with Gasteiger partial charge in [-0.25, -0.2) is 4.98 Å². The van der Waals surface area contributed by atoms with Gasteiger partial charge in [-0.2, -0.15) is 0 Å². The Morgan fingerprint density at radius 3 is 3.00 bits per heavy atom. The normalized spacial score (nSPS) is 16.2. The highest BCUT2D eigenvalue weighted by atomic mass is 32.1. The van der Waals surface area contributed by atoms with Crippen LogP contribution >= 0.6 is 11.3 Å². The zero-order valence-electron chi connectivity index (χ0n) is 7.86. The Labute approximate surface area is 82.6 Å². The first-order chi connectivity index (χ1) is 6.29.